The third-order valence-corrected chi connectivity index (χ3v) is 4.78. The summed E-state index contributed by atoms with van der Waals surface area (Å²) in [5.41, 5.74) is 7.75. The number of benzene rings is 1. The highest BCUT2D eigenvalue weighted by Crippen LogP contribution is 2.29. The van der Waals surface area contributed by atoms with Crippen LogP contribution in [0.15, 0.2) is 24.3 Å². The summed E-state index contributed by atoms with van der Waals surface area (Å²) < 4.78 is 0. The maximum atomic E-state index is 12.3. The second-order valence-corrected chi connectivity index (χ2v) is 6.95. The molecular weight excluding hydrogens is 324 g/mol. The monoisotopic (exact) mass is 352 g/mol. The molecule has 0 aliphatic carbocycles. The van der Waals surface area contributed by atoms with E-state index in [2.05, 4.69) is 13.8 Å². The van der Waals surface area contributed by atoms with E-state index in [9.17, 15) is 9.59 Å². The van der Waals surface area contributed by atoms with E-state index in [1.54, 1.807) is 0 Å². The standard InChI is InChI=1S/C19H28N2O2.ClH/c1-3-4-15-5-7-16(8-6-15)17(22)9-10-18(23)21-12-11-19(2,13-20)14-21;/h5-8H,3-4,9-14,20H2,1-2H3;1H. The van der Waals surface area contributed by atoms with Gasteiger partial charge in [-0.05, 0) is 30.4 Å². The minimum absolute atomic E-state index is 0. The Kier molecular flexibility index (Phi) is 7.91. The predicted molar refractivity (Wildman–Crippen MR) is 99.6 cm³/mol. The molecule has 1 aromatic carbocycles. The topological polar surface area (TPSA) is 63.4 Å². The largest absolute Gasteiger partial charge is 0.342 e. The van der Waals surface area contributed by atoms with Crippen LogP contribution in [0.5, 0.6) is 0 Å². The number of nitrogens with two attached hydrogens (primary N) is 1. The molecule has 24 heavy (non-hydrogen) atoms. The van der Waals surface area contributed by atoms with Crippen molar-refractivity contribution >= 4 is 24.1 Å². The second kappa shape index (κ2) is 9.19. The van der Waals surface area contributed by atoms with Crippen molar-refractivity contribution in [3.05, 3.63) is 35.4 Å². The Morgan fingerprint density at radius 1 is 1.21 bits per heavy atom. The summed E-state index contributed by atoms with van der Waals surface area (Å²) in [7, 11) is 0. The maximum absolute atomic E-state index is 12.3. The first kappa shape index (κ1) is 20.7. The molecule has 1 heterocycles. The molecule has 1 unspecified atom stereocenters. The van der Waals surface area contributed by atoms with Crippen LogP contribution in [0, 0.1) is 5.41 Å². The van der Waals surface area contributed by atoms with Gasteiger partial charge in [-0.1, -0.05) is 44.5 Å². The van der Waals surface area contributed by atoms with Gasteiger partial charge in [0.05, 0.1) is 0 Å². The van der Waals surface area contributed by atoms with Gasteiger partial charge >= 0.3 is 0 Å². The lowest BCUT2D eigenvalue weighted by Gasteiger charge is -2.22. The molecule has 0 spiro atoms. The average Bonchev–Trinajstić information content (AvgIpc) is 2.96. The smallest absolute Gasteiger partial charge is 0.223 e. The predicted octanol–water partition coefficient (Wildman–Crippen LogP) is 3.22. The summed E-state index contributed by atoms with van der Waals surface area (Å²) in [6.45, 7) is 6.32. The normalized spacial score (nSPS) is 19.9. The van der Waals surface area contributed by atoms with Crippen molar-refractivity contribution in [2.75, 3.05) is 19.6 Å². The molecule has 1 atom stereocenters. The summed E-state index contributed by atoms with van der Waals surface area (Å²) in [4.78, 5) is 26.3. The Morgan fingerprint density at radius 3 is 2.42 bits per heavy atom. The number of amides is 1. The van der Waals surface area contributed by atoms with Gasteiger partial charge in [-0.15, -0.1) is 12.4 Å². The molecule has 5 heteroatoms. The van der Waals surface area contributed by atoms with Gasteiger partial charge < -0.3 is 10.6 Å². The summed E-state index contributed by atoms with van der Waals surface area (Å²) in [5, 5.41) is 0. The number of Topliss-reactive ketones (excluding diaryl/α,β-unsaturated/α-hetero) is 1. The zero-order valence-electron chi connectivity index (χ0n) is 14.7. The van der Waals surface area contributed by atoms with E-state index in [1.165, 1.54) is 5.56 Å². The van der Waals surface area contributed by atoms with Crippen LogP contribution in [-0.4, -0.2) is 36.2 Å². The summed E-state index contributed by atoms with van der Waals surface area (Å²) in [6, 6.07) is 7.76. The van der Waals surface area contributed by atoms with Crippen LogP contribution in [0.1, 0.15) is 55.5 Å². The van der Waals surface area contributed by atoms with Crippen LogP contribution in [-0.2, 0) is 11.2 Å². The lowest BCUT2D eigenvalue weighted by Crippen LogP contribution is -2.34. The number of rotatable bonds is 7. The van der Waals surface area contributed by atoms with E-state index in [0.717, 1.165) is 25.8 Å². The molecular formula is C19H29ClN2O2. The first-order valence-electron chi connectivity index (χ1n) is 8.57. The minimum Gasteiger partial charge on any atom is -0.342 e. The van der Waals surface area contributed by atoms with Crippen molar-refractivity contribution in [2.24, 2.45) is 11.1 Å². The molecule has 0 bridgehead atoms. The Hall–Kier alpha value is -1.39. The number of likely N-dealkylation sites (tertiary alicyclic amines) is 1. The van der Waals surface area contributed by atoms with Gasteiger partial charge in [-0.3, -0.25) is 9.59 Å². The highest BCUT2D eigenvalue weighted by atomic mass is 35.5. The van der Waals surface area contributed by atoms with Crippen LogP contribution in [0.4, 0.5) is 0 Å². The molecule has 1 aliphatic rings. The third kappa shape index (κ3) is 5.32. The first-order chi connectivity index (χ1) is 11.0. The lowest BCUT2D eigenvalue weighted by atomic mass is 9.90. The number of ketones is 1. The van der Waals surface area contributed by atoms with Crippen LogP contribution < -0.4 is 5.73 Å². The molecule has 1 aliphatic heterocycles. The number of hydrogen-bond donors (Lipinski definition) is 1. The zero-order chi connectivity index (χ0) is 16.9. The van der Waals surface area contributed by atoms with E-state index in [1.807, 2.05) is 29.2 Å². The van der Waals surface area contributed by atoms with Gasteiger partial charge in [0.2, 0.25) is 5.91 Å². The van der Waals surface area contributed by atoms with Gasteiger partial charge in [-0.2, -0.15) is 0 Å². The number of carbonyl (C=O) groups is 2. The fourth-order valence-corrected chi connectivity index (χ4v) is 3.07. The van der Waals surface area contributed by atoms with E-state index in [0.29, 0.717) is 18.7 Å². The van der Waals surface area contributed by atoms with Gasteiger partial charge in [0.1, 0.15) is 0 Å². The van der Waals surface area contributed by atoms with E-state index in [-0.39, 0.29) is 42.4 Å². The molecule has 2 rings (SSSR count). The average molecular weight is 353 g/mol. The lowest BCUT2D eigenvalue weighted by molar-refractivity contribution is -0.130. The van der Waals surface area contributed by atoms with Crippen LogP contribution in [0.25, 0.3) is 0 Å². The molecule has 134 valence electrons. The molecule has 1 saturated heterocycles. The number of halogens is 1. The third-order valence-electron chi connectivity index (χ3n) is 4.78. The van der Waals surface area contributed by atoms with Crippen molar-refractivity contribution in [3.63, 3.8) is 0 Å². The van der Waals surface area contributed by atoms with E-state index < -0.39 is 0 Å². The fraction of sp³-hybridized carbons (Fsp3) is 0.579. The van der Waals surface area contributed by atoms with Gasteiger partial charge in [-0.25, -0.2) is 0 Å². The second-order valence-electron chi connectivity index (χ2n) is 6.95. The Balaban J connectivity index is 0.00000288. The van der Waals surface area contributed by atoms with Gasteiger partial charge in [0.15, 0.2) is 5.78 Å². The summed E-state index contributed by atoms with van der Waals surface area (Å²) in [6.07, 6.45) is 3.64. The molecule has 0 saturated carbocycles. The summed E-state index contributed by atoms with van der Waals surface area (Å²) >= 11 is 0. The van der Waals surface area contributed by atoms with Crippen LogP contribution in [0.3, 0.4) is 0 Å². The molecule has 2 N–H and O–H groups in total. The van der Waals surface area contributed by atoms with E-state index in [4.69, 9.17) is 5.73 Å². The molecule has 1 aromatic rings. The number of hydrogen-bond acceptors (Lipinski definition) is 3. The quantitative estimate of drug-likeness (QED) is 0.766. The van der Waals surface area contributed by atoms with Crippen molar-refractivity contribution in [3.8, 4) is 0 Å². The van der Waals surface area contributed by atoms with Crippen molar-refractivity contribution in [1.29, 1.82) is 0 Å². The molecule has 1 fully saturated rings. The Morgan fingerprint density at radius 2 is 1.88 bits per heavy atom. The SMILES string of the molecule is CCCc1ccc(C(=O)CCC(=O)N2CCC(C)(CN)C2)cc1.Cl. The molecule has 0 aromatic heterocycles. The summed E-state index contributed by atoms with van der Waals surface area (Å²) in [5.74, 6) is 0.111. The van der Waals surface area contributed by atoms with Crippen molar-refractivity contribution in [1.82, 2.24) is 4.90 Å². The van der Waals surface area contributed by atoms with Gasteiger partial charge in [0.25, 0.3) is 0 Å². The van der Waals surface area contributed by atoms with Crippen LogP contribution >= 0.6 is 12.4 Å². The molecule has 1 amide bonds. The van der Waals surface area contributed by atoms with Crippen molar-refractivity contribution in [2.45, 2.75) is 46.0 Å². The fourth-order valence-electron chi connectivity index (χ4n) is 3.07. The number of nitrogens with zero attached hydrogens (tertiary/aromatic N) is 1. The highest BCUT2D eigenvalue weighted by molar-refractivity contribution is 5.98. The van der Waals surface area contributed by atoms with Crippen LogP contribution in [0.2, 0.25) is 0 Å². The first-order valence-corrected chi connectivity index (χ1v) is 8.57. The van der Waals surface area contributed by atoms with Gasteiger partial charge in [0, 0.05) is 31.5 Å². The Bertz CT molecular complexity index is 559. The number of aryl methyl sites for hydroxylation is 1. The van der Waals surface area contributed by atoms with Crippen molar-refractivity contribution < 1.29 is 9.59 Å². The Labute approximate surface area is 151 Å². The molecule has 0 radical (unpaired) electrons. The zero-order valence-corrected chi connectivity index (χ0v) is 15.5. The van der Waals surface area contributed by atoms with E-state index >= 15 is 0 Å². The highest BCUT2D eigenvalue weighted by Gasteiger charge is 2.34. The molecule has 4 nitrogen and oxygen atoms in total. The maximum Gasteiger partial charge on any atom is 0.223 e. The number of carbonyl (C=O) groups excluding carboxylic acids is 2. The minimum atomic E-state index is 0.